The van der Waals surface area contributed by atoms with Crippen LogP contribution in [0.2, 0.25) is 0 Å². The van der Waals surface area contributed by atoms with E-state index in [9.17, 15) is 19.8 Å². The number of aliphatic hydroxyl groups excluding tert-OH is 1. The van der Waals surface area contributed by atoms with Gasteiger partial charge in [0.2, 0.25) is 0 Å². The number of hydrogen-bond donors (Lipinski definition) is 4. The molecular weight excluding hydrogens is 602 g/mol. The molecule has 8 nitrogen and oxygen atoms in total. The Morgan fingerprint density at radius 3 is 1.92 bits per heavy atom. The second kappa shape index (κ2) is 15.7. The highest BCUT2D eigenvalue weighted by Crippen LogP contribution is 2.39. The van der Waals surface area contributed by atoms with Crippen molar-refractivity contribution in [2.45, 2.75) is 107 Å². The van der Waals surface area contributed by atoms with E-state index in [4.69, 9.17) is 4.74 Å². The quantitative estimate of drug-likeness (QED) is 0.182. The van der Waals surface area contributed by atoms with E-state index in [1.165, 1.54) is 0 Å². The minimum atomic E-state index is -1.36. The zero-order valence-corrected chi connectivity index (χ0v) is 28.0. The third-order valence-corrected chi connectivity index (χ3v) is 11.2. The Morgan fingerprint density at radius 1 is 0.833 bits per heavy atom. The number of piperidine rings is 1. The molecular formula is C40H51N3O5. The zero-order valence-electron chi connectivity index (χ0n) is 28.0. The highest BCUT2D eigenvalue weighted by molar-refractivity contribution is 5.78. The van der Waals surface area contributed by atoms with Crippen LogP contribution in [0.5, 0.6) is 0 Å². The first-order chi connectivity index (χ1) is 23.3. The molecule has 2 amide bonds. The summed E-state index contributed by atoms with van der Waals surface area (Å²) in [7, 11) is 0. The van der Waals surface area contributed by atoms with Crippen LogP contribution in [-0.2, 0) is 15.1 Å². The lowest BCUT2D eigenvalue weighted by Gasteiger charge is -2.40. The molecule has 2 unspecified atom stereocenters. The van der Waals surface area contributed by atoms with Crippen molar-refractivity contribution < 1.29 is 24.5 Å². The van der Waals surface area contributed by atoms with Crippen LogP contribution in [0.3, 0.4) is 0 Å². The minimum absolute atomic E-state index is 0.0873. The summed E-state index contributed by atoms with van der Waals surface area (Å²) in [5.74, 6) is -0.316. The number of carbonyl (C=O) groups excluding carboxylic acids is 2. The normalized spacial score (nSPS) is 25.5. The van der Waals surface area contributed by atoms with Crippen LogP contribution < -0.4 is 10.6 Å². The van der Waals surface area contributed by atoms with Gasteiger partial charge in [-0.05, 0) is 81.0 Å². The molecule has 48 heavy (non-hydrogen) atoms. The van der Waals surface area contributed by atoms with Crippen LogP contribution in [0, 0.1) is 5.92 Å². The molecule has 3 aliphatic rings. The summed E-state index contributed by atoms with van der Waals surface area (Å²) in [4.78, 5) is 28.8. The number of hydrogen-bond acceptors (Lipinski definition) is 6. The zero-order chi connectivity index (χ0) is 33.5. The lowest BCUT2D eigenvalue weighted by molar-refractivity contribution is -0.155. The summed E-state index contributed by atoms with van der Waals surface area (Å²) < 4.78 is 5.97. The van der Waals surface area contributed by atoms with E-state index in [1.54, 1.807) is 0 Å². The molecule has 0 aromatic heterocycles. The second-order valence-electron chi connectivity index (χ2n) is 14.1. The van der Waals surface area contributed by atoms with E-state index in [2.05, 4.69) is 15.5 Å². The van der Waals surface area contributed by atoms with Crippen LogP contribution in [0.15, 0.2) is 91.0 Å². The first-order valence-corrected chi connectivity index (χ1v) is 17.9. The number of nitrogens with one attached hydrogen (secondary N) is 2. The molecule has 2 saturated heterocycles. The van der Waals surface area contributed by atoms with E-state index >= 15 is 0 Å². The fourth-order valence-corrected chi connectivity index (χ4v) is 8.44. The maximum absolute atomic E-state index is 13.2. The highest BCUT2D eigenvalue weighted by atomic mass is 16.5. The van der Waals surface area contributed by atoms with Crippen LogP contribution in [0.25, 0.3) is 0 Å². The van der Waals surface area contributed by atoms with E-state index in [0.717, 1.165) is 81.0 Å². The van der Waals surface area contributed by atoms with Crippen molar-refractivity contribution in [2.75, 3.05) is 13.2 Å². The topological polar surface area (TPSA) is 111 Å². The van der Waals surface area contributed by atoms with E-state index in [1.807, 2.05) is 97.9 Å². The average Bonchev–Trinajstić information content (AvgIpc) is 3.36. The van der Waals surface area contributed by atoms with Gasteiger partial charge in [0.25, 0.3) is 0 Å². The minimum Gasteiger partial charge on any atom is -0.462 e. The molecule has 3 aromatic rings. The van der Waals surface area contributed by atoms with E-state index in [-0.39, 0.29) is 30.8 Å². The maximum Gasteiger partial charge on any atom is 0.316 e. The van der Waals surface area contributed by atoms with Crippen LogP contribution in [0.1, 0.15) is 87.3 Å². The van der Waals surface area contributed by atoms with Crippen molar-refractivity contribution in [1.82, 2.24) is 15.5 Å². The van der Waals surface area contributed by atoms with Gasteiger partial charge in [0.15, 0.2) is 0 Å². The van der Waals surface area contributed by atoms with Crippen LogP contribution in [0.4, 0.5) is 4.79 Å². The lowest BCUT2D eigenvalue weighted by Crippen LogP contribution is -2.54. The standard InChI is InChI=1S/C40H51N3O5/c1-28(40(47,31-13-7-3-8-14-31)32-15-9-4-10-16-32)41-39(46)42-33-19-17-29(18-20-33)23-24-43-34-21-22-35(43)26-36(25-34)48-38(45)37(27-44)30-11-5-2-6-12-30/h2-16,28-29,33-37,44,47H,17-27H2,1H3,(H2,41,42,46)/t28-,29?,33?,34-,35+,36?,37?/m0/s1. The summed E-state index contributed by atoms with van der Waals surface area (Å²) in [6, 6.07) is 28.6. The summed E-state index contributed by atoms with van der Waals surface area (Å²) in [6.07, 6.45) is 9.16. The van der Waals surface area contributed by atoms with Crippen molar-refractivity contribution in [3.05, 3.63) is 108 Å². The number of ether oxygens (including phenoxy) is 1. The molecule has 2 heterocycles. The first kappa shape index (κ1) is 34.2. The molecule has 8 heteroatoms. The Balaban J connectivity index is 0.940. The highest BCUT2D eigenvalue weighted by Gasteiger charge is 2.43. The fraction of sp³-hybridized carbons (Fsp3) is 0.500. The van der Waals surface area contributed by atoms with Crippen LogP contribution in [-0.4, -0.2) is 70.5 Å². The van der Waals surface area contributed by atoms with Gasteiger partial charge >= 0.3 is 12.0 Å². The van der Waals surface area contributed by atoms with Crippen LogP contribution >= 0.6 is 0 Å². The van der Waals surface area contributed by atoms with Crippen molar-refractivity contribution in [1.29, 1.82) is 0 Å². The predicted octanol–water partition coefficient (Wildman–Crippen LogP) is 5.87. The number of amides is 2. The van der Waals surface area contributed by atoms with Gasteiger partial charge in [-0.15, -0.1) is 0 Å². The molecule has 3 fully saturated rings. The average molecular weight is 654 g/mol. The number of fused-ring (bicyclic) bond motifs is 2. The number of esters is 1. The van der Waals surface area contributed by atoms with E-state index in [0.29, 0.717) is 18.0 Å². The Kier molecular flexibility index (Phi) is 11.1. The summed E-state index contributed by atoms with van der Waals surface area (Å²) >= 11 is 0. The van der Waals surface area contributed by atoms with Gasteiger partial charge in [-0.1, -0.05) is 91.0 Å². The maximum atomic E-state index is 13.2. The van der Waals surface area contributed by atoms with Gasteiger partial charge in [0, 0.05) is 31.0 Å². The van der Waals surface area contributed by atoms with Gasteiger partial charge in [0.05, 0.1) is 12.6 Å². The Hall–Kier alpha value is -3.72. The predicted molar refractivity (Wildman–Crippen MR) is 186 cm³/mol. The molecule has 0 spiro atoms. The Bertz CT molecular complexity index is 1410. The smallest absolute Gasteiger partial charge is 0.316 e. The Labute approximate surface area is 284 Å². The van der Waals surface area contributed by atoms with E-state index < -0.39 is 17.6 Å². The number of urea groups is 1. The molecule has 3 aromatic carbocycles. The number of rotatable bonds is 12. The van der Waals surface area contributed by atoms with Crippen molar-refractivity contribution in [3.8, 4) is 0 Å². The summed E-state index contributed by atoms with van der Waals surface area (Å²) in [5.41, 5.74) is 0.906. The van der Waals surface area contributed by atoms with Gasteiger partial charge < -0.3 is 25.6 Å². The van der Waals surface area contributed by atoms with Crippen molar-refractivity contribution in [2.24, 2.45) is 5.92 Å². The monoisotopic (exact) mass is 653 g/mol. The number of nitrogens with zero attached hydrogens (tertiary/aromatic N) is 1. The largest absolute Gasteiger partial charge is 0.462 e. The number of benzene rings is 3. The van der Waals surface area contributed by atoms with Gasteiger partial charge in [-0.25, -0.2) is 4.79 Å². The fourth-order valence-electron chi connectivity index (χ4n) is 8.44. The molecule has 6 rings (SSSR count). The van der Waals surface area contributed by atoms with Crippen molar-refractivity contribution in [3.63, 3.8) is 0 Å². The molecule has 256 valence electrons. The number of aliphatic hydroxyl groups is 2. The van der Waals surface area contributed by atoms with Gasteiger partial charge in [-0.2, -0.15) is 0 Å². The molecule has 5 atom stereocenters. The summed E-state index contributed by atoms with van der Waals surface area (Å²) in [6.45, 7) is 2.67. The summed E-state index contributed by atoms with van der Waals surface area (Å²) in [5, 5.41) is 28.1. The molecule has 4 N–H and O–H groups in total. The second-order valence-corrected chi connectivity index (χ2v) is 14.1. The number of carbonyl (C=O) groups is 2. The van der Waals surface area contributed by atoms with Crippen molar-refractivity contribution >= 4 is 12.0 Å². The third-order valence-electron chi connectivity index (χ3n) is 11.2. The molecule has 0 radical (unpaired) electrons. The molecule has 1 aliphatic carbocycles. The third kappa shape index (κ3) is 7.77. The SMILES string of the molecule is C[C@H](NC(=O)NC1CCC(CCN2[C@@H]3CC[C@H]2CC(OC(=O)C(CO)c2ccccc2)C3)CC1)C(O)(c1ccccc1)c1ccccc1. The first-order valence-electron chi connectivity index (χ1n) is 17.9. The lowest BCUT2D eigenvalue weighted by atomic mass is 9.81. The van der Waals surface area contributed by atoms with Gasteiger partial charge in [-0.3, -0.25) is 9.69 Å². The molecule has 1 saturated carbocycles. The molecule has 2 bridgehead atoms. The molecule has 2 aliphatic heterocycles. The Morgan fingerprint density at radius 2 is 1.38 bits per heavy atom. The van der Waals surface area contributed by atoms with Gasteiger partial charge in [0.1, 0.15) is 17.6 Å².